The van der Waals surface area contributed by atoms with E-state index < -0.39 is 17.5 Å². The minimum atomic E-state index is -1.47. The maximum absolute atomic E-state index is 13.4. The molecule has 0 spiro atoms. The zero-order chi connectivity index (χ0) is 13.1. The van der Waals surface area contributed by atoms with Crippen molar-refractivity contribution in [1.82, 2.24) is 4.98 Å². The second-order valence-electron chi connectivity index (χ2n) is 3.88. The summed E-state index contributed by atoms with van der Waals surface area (Å²) >= 11 is 0. The quantitative estimate of drug-likeness (QED) is 0.847. The first kappa shape index (κ1) is 12.4. The third kappa shape index (κ3) is 2.45. The molecular weight excluding hydrogens is 241 g/mol. The van der Waals surface area contributed by atoms with Gasteiger partial charge in [0.2, 0.25) is 0 Å². The number of nitrogens with one attached hydrogen (secondary N) is 1. The van der Waals surface area contributed by atoms with Crippen LogP contribution in [0.2, 0.25) is 0 Å². The average Bonchev–Trinajstić information content (AvgIpc) is 2.37. The molecule has 1 N–H and O–H groups in total. The SMILES string of the molecule is Cc1ccncc1CNc1ccc(F)c(F)c1F. The van der Waals surface area contributed by atoms with Gasteiger partial charge in [-0.1, -0.05) is 0 Å². The van der Waals surface area contributed by atoms with Crippen LogP contribution < -0.4 is 5.32 Å². The molecule has 0 unspecified atom stereocenters. The van der Waals surface area contributed by atoms with Gasteiger partial charge in [0.25, 0.3) is 0 Å². The molecular formula is C13H11F3N2. The number of nitrogens with zero attached hydrogens (tertiary/aromatic N) is 1. The Balaban J connectivity index is 2.17. The van der Waals surface area contributed by atoms with Gasteiger partial charge in [-0.2, -0.15) is 0 Å². The summed E-state index contributed by atoms with van der Waals surface area (Å²) in [6, 6.07) is 3.87. The molecule has 1 heterocycles. The third-order valence-corrected chi connectivity index (χ3v) is 2.65. The minimum Gasteiger partial charge on any atom is -0.378 e. The first-order chi connectivity index (χ1) is 8.59. The first-order valence-corrected chi connectivity index (χ1v) is 5.36. The van der Waals surface area contributed by atoms with E-state index in [4.69, 9.17) is 0 Å². The van der Waals surface area contributed by atoms with Crippen molar-refractivity contribution in [2.75, 3.05) is 5.32 Å². The Kier molecular flexibility index (Phi) is 3.50. The summed E-state index contributed by atoms with van der Waals surface area (Å²) in [7, 11) is 0. The predicted molar refractivity (Wildman–Crippen MR) is 62.6 cm³/mol. The van der Waals surface area contributed by atoms with Crippen LogP contribution in [-0.4, -0.2) is 4.98 Å². The summed E-state index contributed by atoms with van der Waals surface area (Å²) in [5.41, 5.74) is 1.78. The molecule has 0 aliphatic carbocycles. The molecule has 1 aromatic carbocycles. The summed E-state index contributed by atoms with van der Waals surface area (Å²) in [4.78, 5) is 3.94. The number of pyridine rings is 1. The topological polar surface area (TPSA) is 24.9 Å². The van der Waals surface area contributed by atoms with E-state index in [0.717, 1.165) is 17.2 Å². The molecule has 0 aliphatic rings. The fourth-order valence-corrected chi connectivity index (χ4v) is 1.53. The van der Waals surface area contributed by atoms with Gasteiger partial charge in [-0.3, -0.25) is 4.98 Å². The molecule has 1 aromatic heterocycles. The van der Waals surface area contributed by atoms with Crippen molar-refractivity contribution in [1.29, 1.82) is 0 Å². The highest BCUT2D eigenvalue weighted by Gasteiger charge is 2.13. The van der Waals surface area contributed by atoms with E-state index in [0.29, 0.717) is 6.54 Å². The molecule has 0 radical (unpaired) electrons. The van der Waals surface area contributed by atoms with Crippen LogP contribution in [0.4, 0.5) is 18.9 Å². The molecule has 0 aliphatic heterocycles. The van der Waals surface area contributed by atoms with Crippen LogP contribution in [0.3, 0.4) is 0 Å². The standard InChI is InChI=1S/C13H11F3N2/c1-8-4-5-17-6-9(8)7-18-11-3-2-10(14)12(15)13(11)16/h2-6,18H,7H2,1H3. The first-order valence-electron chi connectivity index (χ1n) is 5.36. The molecule has 18 heavy (non-hydrogen) atoms. The van der Waals surface area contributed by atoms with E-state index in [1.165, 1.54) is 6.07 Å². The van der Waals surface area contributed by atoms with E-state index >= 15 is 0 Å². The van der Waals surface area contributed by atoms with E-state index in [2.05, 4.69) is 10.3 Å². The van der Waals surface area contributed by atoms with Crippen molar-refractivity contribution < 1.29 is 13.2 Å². The Labute approximate surface area is 102 Å². The van der Waals surface area contributed by atoms with Crippen LogP contribution in [-0.2, 0) is 6.54 Å². The molecule has 2 nitrogen and oxygen atoms in total. The normalized spacial score (nSPS) is 10.4. The van der Waals surface area contributed by atoms with Gasteiger partial charge in [0.1, 0.15) is 0 Å². The molecule has 0 saturated carbocycles. The number of hydrogen-bond donors (Lipinski definition) is 1. The monoisotopic (exact) mass is 252 g/mol. The molecule has 0 fully saturated rings. The fourth-order valence-electron chi connectivity index (χ4n) is 1.53. The van der Waals surface area contributed by atoms with Gasteiger partial charge in [-0.25, -0.2) is 13.2 Å². The summed E-state index contributed by atoms with van der Waals surface area (Å²) in [6.45, 7) is 2.18. The van der Waals surface area contributed by atoms with Gasteiger partial charge in [-0.05, 0) is 36.2 Å². The Morgan fingerprint density at radius 3 is 2.61 bits per heavy atom. The maximum Gasteiger partial charge on any atom is 0.196 e. The lowest BCUT2D eigenvalue weighted by Crippen LogP contribution is -2.05. The summed E-state index contributed by atoms with van der Waals surface area (Å²) in [5, 5.41) is 2.72. The highest BCUT2D eigenvalue weighted by atomic mass is 19.2. The summed E-state index contributed by atoms with van der Waals surface area (Å²) in [6.07, 6.45) is 3.29. The number of anilines is 1. The molecule has 2 aromatic rings. The van der Waals surface area contributed by atoms with Crippen LogP contribution in [0.15, 0.2) is 30.6 Å². The van der Waals surface area contributed by atoms with E-state index in [1.54, 1.807) is 12.4 Å². The summed E-state index contributed by atoms with van der Waals surface area (Å²) < 4.78 is 39.1. The van der Waals surface area contributed by atoms with Crippen LogP contribution in [0.25, 0.3) is 0 Å². The van der Waals surface area contributed by atoms with Crippen molar-refractivity contribution in [3.8, 4) is 0 Å². The van der Waals surface area contributed by atoms with E-state index in [-0.39, 0.29) is 5.69 Å². The molecule has 2 rings (SSSR count). The zero-order valence-electron chi connectivity index (χ0n) is 9.67. The van der Waals surface area contributed by atoms with Gasteiger partial charge < -0.3 is 5.32 Å². The van der Waals surface area contributed by atoms with Crippen molar-refractivity contribution in [3.63, 3.8) is 0 Å². The number of aromatic nitrogens is 1. The number of aryl methyl sites for hydroxylation is 1. The zero-order valence-corrected chi connectivity index (χ0v) is 9.67. The summed E-state index contributed by atoms with van der Waals surface area (Å²) in [5.74, 6) is -3.88. The van der Waals surface area contributed by atoms with Crippen LogP contribution in [0.5, 0.6) is 0 Å². The lowest BCUT2D eigenvalue weighted by atomic mass is 10.1. The average molecular weight is 252 g/mol. The highest BCUT2D eigenvalue weighted by molar-refractivity contribution is 5.46. The number of rotatable bonds is 3. The van der Waals surface area contributed by atoms with Gasteiger partial charge in [-0.15, -0.1) is 0 Å². The van der Waals surface area contributed by atoms with Crippen LogP contribution in [0.1, 0.15) is 11.1 Å². The van der Waals surface area contributed by atoms with Crippen LogP contribution in [0, 0.1) is 24.4 Å². The molecule has 0 atom stereocenters. The van der Waals surface area contributed by atoms with Gasteiger partial charge >= 0.3 is 0 Å². The minimum absolute atomic E-state index is 0.0721. The van der Waals surface area contributed by atoms with Gasteiger partial charge in [0.05, 0.1) is 5.69 Å². The highest BCUT2D eigenvalue weighted by Crippen LogP contribution is 2.20. The van der Waals surface area contributed by atoms with Crippen LogP contribution >= 0.6 is 0 Å². The fraction of sp³-hybridized carbons (Fsp3) is 0.154. The Morgan fingerprint density at radius 1 is 1.11 bits per heavy atom. The van der Waals surface area contributed by atoms with Gasteiger partial charge in [0, 0.05) is 18.9 Å². The lowest BCUT2D eigenvalue weighted by molar-refractivity contribution is 0.449. The Morgan fingerprint density at radius 2 is 1.89 bits per heavy atom. The van der Waals surface area contributed by atoms with Crippen molar-refractivity contribution >= 4 is 5.69 Å². The Hall–Kier alpha value is -2.04. The Bertz CT molecular complexity index is 570. The van der Waals surface area contributed by atoms with Crippen molar-refractivity contribution in [3.05, 3.63) is 59.2 Å². The molecule has 94 valence electrons. The third-order valence-electron chi connectivity index (χ3n) is 2.65. The van der Waals surface area contributed by atoms with Gasteiger partial charge in [0.15, 0.2) is 17.5 Å². The maximum atomic E-state index is 13.4. The lowest BCUT2D eigenvalue weighted by Gasteiger charge is -2.09. The second-order valence-corrected chi connectivity index (χ2v) is 3.88. The van der Waals surface area contributed by atoms with E-state index in [1.807, 2.05) is 13.0 Å². The predicted octanol–water partition coefficient (Wildman–Crippen LogP) is 3.42. The second kappa shape index (κ2) is 5.08. The molecule has 0 bridgehead atoms. The molecule has 5 heteroatoms. The largest absolute Gasteiger partial charge is 0.378 e. The number of halogens is 3. The van der Waals surface area contributed by atoms with E-state index in [9.17, 15) is 13.2 Å². The number of benzene rings is 1. The smallest absolute Gasteiger partial charge is 0.196 e. The number of hydrogen-bond acceptors (Lipinski definition) is 2. The molecule has 0 saturated heterocycles. The van der Waals surface area contributed by atoms with Crippen molar-refractivity contribution in [2.24, 2.45) is 0 Å². The molecule has 0 amide bonds. The van der Waals surface area contributed by atoms with Crippen molar-refractivity contribution in [2.45, 2.75) is 13.5 Å².